The van der Waals surface area contributed by atoms with Gasteiger partial charge in [-0.2, -0.15) is 0 Å². The molecule has 0 amide bonds. The van der Waals surface area contributed by atoms with E-state index in [2.05, 4.69) is 4.98 Å². The summed E-state index contributed by atoms with van der Waals surface area (Å²) in [6, 6.07) is 7.09. The number of carbonyl (C=O) groups is 1. The third-order valence-corrected chi connectivity index (χ3v) is 3.94. The smallest absolute Gasteiger partial charge is 0.343 e. The van der Waals surface area contributed by atoms with Gasteiger partial charge in [0.1, 0.15) is 17.1 Å². The number of benzene rings is 2. The van der Waals surface area contributed by atoms with Crippen LogP contribution in [-0.2, 0) is 4.74 Å². The molecule has 7 heteroatoms. The predicted molar refractivity (Wildman–Crippen MR) is 92.4 cm³/mol. The van der Waals surface area contributed by atoms with Crippen LogP contribution in [0.3, 0.4) is 0 Å². The summed E-state index contributed by atoms with van der Waals surface area (Å²) in [5.74, 6) is -2.14. The zero-order chi connectivity index (χ0) is 18.8. The Balaban J connectivity index is 2.21. The maximum Gasteiger partial charge on any atom is 0.343 e. The molecule has 26 heavy (non-hydrogen) atoms. The van der Waals surface area contributed by atoms with E-state index in [4.69, 9.17) is 9.47 Å². The monoisotopic (exact) mass is 359 g/mol. The van der Waals surface area contributed by atoms with Crippen LogP contribution < -0.4 is 10.2 Å². The van der Waals surface area contributed by atoms with Crippen LogP contribution in [0.4, 0.5) is 8.78 Å². The number of H-pyrrole nitrogens is 1. The second kappa shape index (κ2) is 6.95. The summed E-state index contributed by atoms with van der Waals surface area (Å²) >= 11 is 0. The summed E-state index contributed by atoms with van der Waals surface area (Å²) in [4.78, 5) is 26.8. The molecule has 0 radical (unpaired) electrons. The van der Waals surface area contributed by atoms with Gasteiger partial charge in [0.2, 0.25) is 5.43 Å². The fourth-order valence-corrected chi connectivity index (χ4v) is 2.68. The molecule has 0 aliphatic heterocycles. The molecule has 0 saturated heterocycles. The molecule has 0 aliphatic rings. The molecule has 0 unspecified atom stereocenters. The number of ether oxygens (including phenoxy) is 2. The highest BCUT2D eigenvalue weighted by atomic mass is 19.1. The second-order valence-corrected chi connectivity index (χ2v) is 5.45. The van der Waals surface area contributed by atoms with Gasteiger partial charge < -0.3 is 14.5 Å². The fraction of sp³-hybridized carbons (Fsp3) is 0.158. The van der Waals surface area contributed by atoms with E-state index in [0.717, 1.165) is 12.3 Å². The minimum absolute atomic E-state index is 0.0788. The van der Waals surface area contributed by atoms with E-state index >= 15 is 0 Å². The van der Waals surface area contributed by atoms with E-state index in [0.29, 0.717) is 5.75 Å². The van der Waals surface area contributed by atoms with Crippen molar-refractivity contribution < 1.29 is 23.0 Å². The number of fused-ring (bicyclic) bond motifs is 1. The van der Waals surface area contributed by atoms with Crippen molar-refractivity contribution in [2.45, 2.75) is 6.92 Å². The van der Waals surface area contributed by atoms with Crippen molar-refractivity contribution in [2.75, 3.05) is 13.7 Å². The number of hydrogen-bond acceptors (Lipinski definition) is 4. The Morgan fingerprint density at radius 1 is 1.19 bits per heavy atom. The average Bonchev–Trinajstić information content (AvgIpc) is 2.63. The Labute approximate surface area is 147 Å². The number of halogens is 2. The largest absolute Gasteiger partial charge is 0.497 e. The van der Waals surface area contributed by atoms with Crippen LogP contribution in [0, 0.1) is 11.6 Å². The van der Waals surface area contributed by atoms with Gasteiger partial charge in [0.25, 0.3) is 0 Å². The molecule has 0 spiro atoms. The van der Waals surface area contributed by atoms with Crippen molar-refractivity contribution in [1.29, 1.82) is 0 Å². The maximum absolute atomic E-state index is 14.9. The summed E-state index contributed by atoms with van der Waals surface area (Å²) in [6.07, 6.45) is 1.07. The molecule has 1 N–H and O–H groups in total. The minimum Gasteiger partial charge on any atom is -0.497 e. The van der Waals surface area contributed by atoms with Crippen LogP contribution in [0.15, 0.2) is 41.3 Å². The molecule has 3 rings (SSSR count). The van der Waals surface area contributed by atoms with Gasteiger partial charge in [0.05, 0.1) is 30.2 Å². The first-order valence-corrected chi connectivity index (χ1v) is 7.82. The van der Waals surface area contributed by atoms with Crippen molar-refractivity contribution in [1.82, 2.24) is 4.98 Å². The highest BCUT2D eigenvalue weighted by molar-refractivity contribution is 5.94. The maximum atomic E-state index is 14.9. The lowest BCUT2D eigenvalue weighted by molar-refractivity contribution is 0.0524. The third kappa shape index (κ3) is 2.92. The number of nitrogens with one attached hydrogen (secondary N) is 1. The Morgan fingerprint density at radius 3 is 2.50 bits per heavy atom. The quantitative estimate of drug-likeness (QED) is 0.722. The molecule has 0 fully saturated rings. The first-order chi connectivity index (χ1) is 12.5. The number of aromatic amines is 1. The highest BCUT2D eigenvalue weighted by Gasteiger charge is 2.21. The van der Waals surface area contributed by atoms with E-state index in [1.54, 1.807) is 19.1 Å². The van der Waals surface area contributed by atoms with Crippen LogP contribution in [0.1, 0.15) is 17.3 Å². The lowest BCUT2D eigenvalue weighted by atomic mass is 10.0. The van der Waals surface area contributed by atoms with Crippen LogP contribution in [0.5, 0.6) is 5.75 Å². The summed E-state index contributed by atoms with van der Waals surface area (Å²) in [7, 11) is 1.48. The topological polar surface area (TPSA) is 68.4 Å². The van der Waals surface area contributed by atoms with E-state index in [1.807, 2.05) is 0 Å². The van der Waals surface area contributed by atoms with E-state index in [9.17, 15) is 18.4 Å². The van der Waals surface area contributed by atoms with Gasteiger partial charge in [-0.1, -0.05) is 12.1 Å². The van der Waals surface area contributed by atoms with Crippen molar-refractivity contribution in [3.8, 4) is 16.9 Å². The van der Waals surface area contributed by atoms with Gasteiger partial charge in [0, 0.05) is 6.20 Å². The van der Waals surface area contributed by atoms with E-state index < -0.39 is 23.0 Å². The highest BCUT2D eigenvalue weighted by Crippen LogP contribution is 2.31. The SMILES string of the molecule is CCOC(=O)c1c[nH]c2c(F)c(-c3ccc(OC)cc3)c(F)cc2c1=O. The number of pyridine rings is 1. The summed E-state index contributed by atoms with van der Waals surface area (Å²) in [5, 5.41) is -0.261. The Hall–Kier alpha value is -3.22. The molecule has 5 nitrogen and oxygen atoms in total. The van der Waals surface area contributed by atoms with Gasteiger partial charge in [-0.3, -0.25) is 4.79 Å². The molecule has 1 aromatic heterocycles. The van der Waals surface area contributed by atoms with Crippen molar-refractivity contribution in [2.24, 2.45) is 0 Å². The zero-order valence-electron chi connectivity index (χ0n) is 14.1. The minimum atomic E-state index is -0.919. The Bertz CT molecular complexity index is 1040. The van der Waals surface area contributed by atoms with Gasteiger partial charge in [-0.25, -0.2) is 13.6 Å². The predicted octanol–water partition coefficient (Wildman–Crippen LogP) is 3.66. The second-order valence-electron chi connectivity index (χ2n) is 5.45. The van der Waals surface area contributed by atoms with Crippen LogP contribution >= 0.6 is 0 Å². The zero-order valence-corrected chi connectivity index (χ0v) is 14.1. The van der Waals surface area contributed by atoms with E-state index in [1.165, 1.54) is 19.2 Å². The molecule has 0 bridgehead atoms. The van der Waals surface area contributed by atoms with Gasteiger partial charge in [-0.05, 0) is 30.7 Å². The standard InChI is InChI=1S/C19H15F2NO4/c1-3-26-19(24)13-9-22-17-12(18(13)23)8-14(20)15(16(17)21)10-4-6-11(25-2)7-5-10/h4-9H,3H2,1-2H3,(H,22,23). The molecule has 3 aromatic rings. The van der Waals surface area contributed by atoms with Crippen molar-refractivity contribution >= 4 is 16.9 Å². The Morgan fingerprint density at radius 2 is 1.88 bits per heavy atom. The normalized spacial score (nSPS) is 10.8. The molecule has 0 saturated carbocycles. The summed E-state index contributed by atoms with van der Waals surface area (Å²) in [5.41, 5.74) is -1.28. The molecular formula is C19H15F2NO4. The lowest BCUT2D eigenvalue weighted by Crippen LogP contribution is -2.18. The number of rotatable bonds is 4. The summed E-state index contributed by atoms with van der Waals surface area (Å²) < 4.78 is 39.3. The average molecular weight is 359 g/mol. The fourth-order valence-electron chi connectivity index (χ4n) is 2.68. The Kier molecular flexibility index (Phi) is 4.71. The third-order valence-electron chi connectivity index (χ3n) is 3.94. The first-order valence-electron chi connectivity index (χ1n) is 7.82. The summed E-state index contributed by atoms with van der Waals surface area (Å²) in [6.45, 7) is 1.67. The van der Waals surface area contributed by atoms with Crippen molar-refractivity contribution in [3.63, 3.8) is 0 Å². The first kappa shape index (κ1) is 17.6. The van der Waals surface area contributed by atoms with Crippen LogP contribution in [0.2, 0.25) is 0 Å². The van der Waals surface area contributed by atoms with Gasteiger partial charge >= 0.3 is 5.97 Å². The molecule has 2 aromatic carbocycles. The molecule has 134 valence electrons. The van der Waals surface area contributed by atoms with Crippen LogP contribution in [0.25, 0.3) is 22.0 Å². The number of methoxy groups -OCH3 is 1. The molecule has 0 atom stereocenters. The van der Waals surface area contributed by atoms with E-state index in [-0.39, 0.29) is 34.2 Å². The number of aromatic nitrogens is 1. The lowest BCUT2D eigenvalue weighted by Gasteiger charge is -2.10. The van der Waals surface area contributed by atoms with Crippen molar-refractivity contribution in [3.05, 3.63) is 63.9 Å². The number of carbonyl (C=O) groups excluding carboxylic acids is 1. The van der Waals surface area contributed by atoms with Gasteiger partial charge in [0.15, 0.2) is 5.82 Å². The molecule has 0 aliphatic carbocycles. The van der Waals surface area contributed by atoms with Gasteiger partial charge in [-0.15, -0.1) is 0 Å². The molecule has 1 heterocycles. The molecular weight excluding hydrogens is 344 g/mol. The number of hydrogen-bond donors (Lipinski definition) is 1. The number of esters is 1. The van der Waals surface area contributed by atoms with Crippen LogP contribution in [-0.4, -0.2) is 24.7 Å².